The Labute approximate surface area is 164 Å². The summed E-state index contributed by atoms with van der Waals surface area (Å²) >= 11 is 0. The van der Waals surface area contributed by atoms with Crippen LogP contribution < -0.4 is 5.32 Å². The molecule has 0 unspecified atom stereocenters. The Bertz CT molecular complexity index is 1060. The number of amides is 2. The number of anilines is 1. The fourth-order valence-electron chi connectivity index (χ4n) is 2.62. The van der Waals surface area contributed by atoms with Gasteiger partial charge in [-0.2, -0.15) is 10.2 Å². The zero-order valence-electron chi connectivity index (χ0n) is 16.0. The van der Waals surface area contributed by atoms with Crippen LogP contribution in [0.15, 0.2) is 35.1 Å². The number of hydrogen-bond donors (Lipinski definition) is 1. The van der Waals surface area contributed by atoms with E-state index in [9.17, 15) is 19.7 Å². The molecule has 0 aliphatic rings. The summed E-state index contributed by atoms with van der Waals surface area (Å²) in [6.45, 7) is 2.43. The van der Waals surface area contributed by atoms with Crippen molar-refractivity contribution in [2.75, 3.05) is 19.4 Å². The lowest BCUT2D eigenvalue weighted by atomic mass is 10.3. The lowest BCUT2D eigenvalue weighted by Gasteiger charge is -2.13. The average Bonchev–Trinajstić information content (AvgIpc) is 3.41. The monoisotopic (exact) mass is 401 g/mol. The molecule has 0 saturated heterocycles. The number of aryl methyl sites for hydroxylation is 1. The van der Waals surface area contributed by atoms with E-state index >= 15 is 0 Å². The second kappa shape index (κ2) is 7.96. The Hall–Kier alpha value is -3.96. The minimum absolute atomic E-state index is 0.0224. The van der Waals surface area contributed by atoms with E-state index in [1.54, 1.807) is 20.2 Å². The van der Waals surface area contributed by atoms with Crippen LogP contribution in [-0.2, 0) is 13.1 Å². The molecule has 3 aromatic heterocycles. The lowest BCUT2D eigenvalue weighted by Crippen LogP contribution is -2.26. The van der Waals surface area contributed by atoms with Crippen LogP contribution in [0, 0.1) is 10.1 Å². The molecule has 3 aromatic rings. The molecule has 0 atom stereocenters. The van der Waals surface area contributed by atoms with Gasteiger partial charge in [0.25, 0.3) is 11.8 Å². The summed E-state index contributed by atoms with van der Waals surface area (Å²) in [5, 5.41) is 21.4. The molecule has 0 bridgehead atoms. The highest BCUT2D eigenvalue weighted by molar-refractivity contribution is 6.07. The van der Waals surface area contributed by atoms with Gasteiger partial charge in [-0.05, 0) is 19.1 Å². The van der Waals surface area contributed by atoms with Crippen LogP contribution in [0.3, 0.4) is 0 Å². The van der Waals surface area contributed by atoms with Crippen LogP contribution in [0.4, 0.5) is 11.4 Å². The molecular weight excluding hydrogens is 382 g/mol. The van der Waals surface area contributed by atoms with Gasteiger partial charge >= 0.3 is 5.69 Å². The zero-order chi connectivity index (χ0) is 21.1. The number of rotatable bonds is 7. The van der Waals surface area contributed by atoms with Gasteiger partial charge in [0, 0.05) is 20.6 Å². The molecule has 2 amide bonds. The van der Waals surface area contributed by atoms with Gasteiger partial charge in [-0.15, -0.1) is 0 Å². The minimum Gasteiger partial charge on any atom is -0.454 e. The van der Waals surface area contributed by atoms with Gasteiger partial charge in [-0.3, -0.25) is 29.1 Å². The molecule has 0 radical (unpaired) electrons. The molecular formula is C17H19N7O5. The average molecular weight is 401 g/mol. The number of hydrogen-bond acceptors (Lipinski definition) is 7. The third-order valence-corrected chi connectivity index (χ3v) is 4.03. The van der Waals surface area contributed by atoms with E-state index in [4.69, 9.17) is 4.42 Å². The predicted molar refractivity (Wildman–Crippen MR) is 101 cm³/mol. The van der Waals surface area contributed by atoms with Crippen molar-refractivity contribution >= 4 is 23.2 Å². The first-order valence-corrected chi connectivity index (χ1v) is 8.64. The topological polar surface area (TPSA) is 141 Å². The van der Waals surface area contributed by atoms with Crippen LogP contribution in [0.2, 0.25) is 0 Å². The maximum Gasteiger partial charge on any atom is 0.307 e. The zero-order valence-corrected chi connectivity index (χ0v) is 16.0. The van der Waals surface area contributed by atoms with Gasteiger partial charge in [0.2, 0.25) is 0 Å². The third-order valence-electron chi connectivity index (χ3n) is 4.03. The summed E-state index contributed by atoms with van der Waals surface area (Å²) in [5.41, 5.74) is 0.401. The van der Waals surface area contributed by atoms with Crippen LogP contribution in [0.5, 0.6) is 0 Å². The van der Waals surface area contributed by atoms with E-state index in [0.29, 0.717) is 12.3 Å². The molecule has 12 nitrogen and oxygen atoms in total. The fraction of sp³-hybridized carbons (Fsp3) is 0.294. The van der Waals surface area contributed by atoms with E-state index in [0.717, 1.165) is 6.20 Å². The summed E-state index contributed by atoms with van der Waals surface area (Å²) in [5.74, 6) is -0.428. The van der Waals surface area contributed by atoms with Crippen molar-refractivity contribution in [2.45, 2.75) is 20.0 Å². The second-order valence-electron chi connectivity index (χ2n) is 6.30. The van der Waals surface area contributed by atoms with Crippen molar-refractivity contribution in [1.29, 1.82) is 0 Å². The molecule has 152 valence electrons. The first kappa shape index (κ1) is 19.8. The fourth-order valence-corrected chi connectivity index (χ4v) is 2.62. The molecule has 12 heteroatoms. The largest absolute Gasteiger partial charge is 0.454 e. The van der Waals surface area contributed by atoms with Crippen LogP contribution in [0.1, 0.15) is 33.7 Å². The molecule has 29 heavy (non-hydrogen) atoms. The highest BCUT2D eigenvalue weighted by Crippen LogP contribution is 2.19. The number of carbonyl (C=O) groups excluding carboxylic acids is 2. The predicted octanol–water partition coefficient (Wildman–Crippen LogP) is 1.60. The van der Waals surface area contributed by atoms with Crippen molar-refractivity contribution in [2.24, 2.45) is 0 Å². The Morgan fingerprint density at radius 2 is 2.03 bits per heavy atom. The molecule has 0 saturated carbocycles. The minimum atomic E-state index is -0.550. The maximum atomic E-state index is 12.5. The summed E-state index contributed by atoms with van der Waals surface area (Å²) < 4.78 is 8.33. The van der Waals surface area contributed by atoms with E-state index in [1.165, 1.54) is 32.7 Å². The SMILES string of the molecule is CCn1ncc(NC(=O)c2ccc(Cn3cc([N+](=O)[O-])cn3)o2)c1C(=O)N(C)C. The normalized spacial score (nSPS) is 10.7. The first-order valence-electron chi connectivity index (χ1n) is 8.64. The van der Waals surface area contributed by atoms with Crippen LogP contribution >= 0.6 is 0 Å². The standard InChI is InChI=1S/C17H19N7O5/c1-4-23-15(17(26)21(2)3)13(8-19-23)20-16(25)14-6-5-12(29-14)10-22-9-11(7-18-22)24(27)28/h5-9H,4,10H2,1-3H3,(H,20,25). The number of carbonyl (C=O) groups is 2. The summed E-state index contributed by atoms with van der Waals surface area (Å²) in [6, 6.07) is 3.05. The Kier molecular flexibility index (Phi) is 5.43. The Morgan fingerprint density at radius 3 is 2.66 bits per heavy atom. The summed E-state index contributed by atoms with van der Waals surface area (Å²) in [4.78, 5) is 36.5. The van der Waals surface area contributed by atoms with Crippen molar-refractivity contribution in [1.82, 2.24) is 24.5 Å². The number of nitro groups is 1. The van der Waals surface area contributed by atoms with E-state index < -0.39 is 10.8 Å². The second-order valence-corrected chi connectivity index (χ2v) is 6.30. The molecule has 0 aliphatic carbocycles. The molecule has 0 fully saturated rings. The van der Waals surface area contributed by atoms with Crippen molar-refractivity contribution < 1.29 is 18.9 Å². The van der Waals surface area contributed by atoms with Gasteiger partial charge < -0.3 is 14.6 Å². The Morgan fingerprint density at radius 1 is 1.28 bits per heavy atom. The number of furan rings is 1. The number of aromatic nitrogens is 4. The first-order chi connectivity index (χ1) is 13.8. The number of nitrogens with one attached hydrogen (secondary N) is 1. The van der Waals surface area contributed by atoms with Gasteiger partial charge in [0.05, 0.1) is 23.4 Å². The van der Waals surface area contributed by atoms with E-state index in [2.05, 4.69) is 15.5 Å². The smallest absolute Gasteiger partial charge is 0.307 e. The van der Waals surface area contributed by atoms with Gasteiger partial charge in [-0.25, -0.2) is 0 Å². The molecule has 1 N–H and O–H groups in total. The van der Waals surface area contributed by atoms with Gasteiger partial charge in [0.1, 0.15) is 23.8 Å². The summed E-state index contributed by atoms with van der Waals surface area (Å²) in [6.07, 6.45) is 3.80. The molecule has 3 rings (SSSR count). The van der Waals surface area contributed by atoms with Crippen molar-refractivity contribution in [3.8, 4) is 0 Å². The molecule has 0 spiro atoms. The highest BCUT2D eigenvalue weighted by Gasteiger charge is 2.22. The Balaban J connectivity index is 1.74. The molecule has 0 aromatic carbocycles. The quantitative estimate of drug-likeness (QED) is 0.468. The highest BCUT2D eigenvalue weighted by atomic mass is 16.6. The van der Waals surface area contributed by atoms with Crippen LogP contribution in [-0.4, -0.2) is 55.3 Å². The number of nitrogens with zero attached hydrogens (tertiary/aromatic N) is 6. The molecule has 0 aliphatic heterocycles. The third kappa shape index (κ3) is 4.15. The van der Waals surface area contributed by atoms with Crippen LogP contribution in [0.25, 0.3) is 0 Å². The van der Waals surface area contributed by atoms with Crippen molar-refractivity contribution in [3.05, 3.63) is 58.1 Å². The maximum absolute atomic E-state index is 12.5. The van der Waals surface area contributed by atoms with E-state index in [1.807, 2.05) is 6.92 Å². The molecule has 3 heterocycles. The van der Waals surface area contributed by atoms with Gasteiger partial charge in [-0.1, -0.05) is 0 Å². The van der Waals surface area contributed by atoms with Crippen molar-refractivity contribution in [3.63, 3.8) is 0 Å². The van der Waals surface area contributed by atoms with Gasteiger partial charge in [0.15, 0.2) is 5.76 Å². The summed E-state index contributed by atoms with van der Waals surface area (Å²) in [7, 11) is 3.22. The van der Waals surface area contributed by atoms with E-state index in [-0.39, 0.29) is 35.3 Å². The lowest BCUT2D eigenvalue weighted by molar-refractivity contribution is -0.385.